The number of amides is 1. The zero-order chi connectivity index (χ0) is 13.7. The zero-order valence-electron chi connectivity index (χ0n) is 12.0. The summed E-state index contributed by atoms with van der Waals surface area (Å²) in [6.07, 6.45) is 2.35. The van der Waals surface area contributed by atoms with Crippen LogP contribution in [0, 0.1) is 0 Å². The molecule has 1 heterocycles. The number of hydrogen-bond acceptors (Lipinski definition) is 3. The Morgan fingerprint density at radius 3 is 2.90 bits per heavy atom. The second-order valence-corrected chi connectivity index (χ2v) is 5.18. The highest BCUT2D eigenvalue weighted by Gasteiger charge is 2.21. The molecule has 2 rings (SSSR count). The molecule has 1 aromatic carbocycles. The average molecular weight is 298 g/mol. The molecule has 0 spiro atoms. The molecule has 0 aliphatic carbocycles. The zero-order valence-corrected chi connectivity index (χ0v) is 12.8. The standard InChI is InChI=1S/C15H23N3O.ClH/c1-2-8-18(14-6-7-17-10-14)11-12-4-3-5-13(9-12)15(16)19;/h3-5,9,14,17H,2,6-8,10-11H2,1H3,(H2,16,19);1H. The van der Waals surface area contributed by atoms with E-state index < -0.39 is 0 Å². The second kappa shape index (κ2) is 8.25. The number of primary amides is 1. The lowest BCUT2D eigenvalue weighted by atomic mass is 10.1. The first-order chi connectivity index (χ1) is 9.20. The van der Waals surface area contributed by atoms with Gasteiger partial charge < -0.3 is 11.1 Å². The van der Waals surface area contributed by atoms with Crippen LogP contribution in [-0.4, -0.2) is 36.5 Å². The van der Waals surface area contributed by atoms with E-state index in [2.05, 4.69) is 23.2 Å². The van der Waals surface area contributed by atoms with E-state index in [4.69, 9.17) is 5.73 Å². The molecule has 20 heavy (non-hydrogen) atoms. The van der Waals surface area contributed by atoms with Crippen molar-refractivity contribution >= 4 is 18.3 Å². The Morgan fingerprint density at radius 2 is 2.30 bits per heavy atom. The maximum Gasteiger partial charge on any atom is 0.248 e. The Labute approximate surface area is 127 Å². The highest BCUT2D eigenvalue weighted by molar-refractivity contribution is 5.92. The molecular weight excluding hydrogens is 274 g/mol. The Balaban J connectivity index is 0.00000200. The Bertz CT molecular complexity index is 433. The molecule has 0 saturated carbocycles. The third kappa shape index (κ3) is 4.47. The summed E-state index contributed by atoms with van der Waals surface area (Å²) in [4.78, 5) is 13.7. The van der Waals surface area contributed by atoms with Crippen molar-refractivity contribution in [2.75, 3.05) is 19.6 Å². The number of nitrogens with zero attached hydrogens (tertiary/aromatic N) is 1. The van der Waals surface area contributed by atoms with Gasteiger partial charge in [-0.15, -0.1) is 12.4 Å². The van der Waals surface area contributed by atoms with Crippen LogP contribution in [0.5, 0.6) is 0 Å². The number of nitrogens with two attached hydrogens (primary N) is 1. The van der Waals surface area contributed by atoms with Crippen LogP contribution in [-0.2, 0) is 6.54 Å². The predicted molar refractivity (Wildman–Crippen MR) is 84.2 cm³/mol. The first-order valence-electron chi connectivity index (χ1n) is 7.04. The summed E-state index contributed by atoms with van der Waals surface area (Å²) in [7, 11) is 0. The van der Waals surface area contributed by atoms with Crippen molar-refractivity contribution < 1.29 is 4.79 Å². The van der Waals surface area contributed by atoms with Crippen LogP contribution in [0.2, 0.25) is 0 Å². The van der Waals surface area contributed by atoms with Crippen LogP contribution in [0.1, 0.15) is 35.7 Å². The van der Waals surface area contributed by atoms with Crippen molar-refractivity contribution in [1.82, 2.24) is 10.2 Å². The van der Waals surface area contributed by atoms with Gasteiger partial charge in [0.05, 0.1) is 0 Å². The van der Waals surface area contributed by atoms with Crippen LogP contribution in [0.15, 0.2) is 24.3 Å². The van der Waals surface area contributed by atoms with Crippen LogP contribution < -0.4 is 11.1 Å². The third-order valence-electron chi connectivity index (χ3n) is 3.66. The minimum absolute atomic E-state index is 0. The normalized spacial score (nSPS) is 18.0. The first kappa shape index (κ1) is 17.0. The minimum Gasteiger partial charge on any atom is -0.366 e. The lowest BCUT2D eigenvalue weighted by Crippen LogP contribution is -2.36. The number of benzene rings is 1. The first-order valence-corrected chi connectivity index (χ1v) is 7.04. The van der Waals surface area contributed by atoms with E-state index >= 15 is 0 Å². The number of carbonyl (C=O) groups is 1. The molecule has 1 aromatic rings. The molecular formula is C15H24ClN3O. The van der Waals surface area contributed by atoms with Gasteiger partial charge in [-0.05, 0) is 43.6 Å². The molecule has 1 aliphatic rings. The summed E-state index contributed by atoms with van der Waals surface area (Å²) in [6, 6.07) is 8.27. The fourth-order valence-corrected chi connectivity index (χ4v) is 2.69. The molecule has 112 valence electrons. The molecule has 0 radical (unpaired) electrons. The molecule has 4 nitrogen and oxygen atoms in total. The SMILES string of the molecule is CCCN(Cc1cccc(C(N)=O)c1)C1CCNC1.Cl. The average Bonchev–Trinajstić information content (AvgIpc) is 2.92. The topological polar surface area (TPSA) is 58.4 Å². The van der Waals surface area contributed by atoms with Gasteiger partial charge in [-0.2, -0.15) is 0 Å². The summed E-state index contributed by atoms with van der Waals surface area (Å²) >= 11 is 0. The summed E-state index contributed by atoms with van der Waals surface area (Å²) < 4.78 is 0. The number of hydrogen-bond donors (Lipinski definition) is 2. The molecule has 1 aliphatic heterocycles. The number of nitrogens with one attached hydrogen (secondary N) is 1. The number of carbonyl (C=O) groups excluding carboxylic acids is 1. The largest absolute Gasteiger partial charge is 0.366 e. The van der Waals surface area contributed by atoms with E-state index in [-0.39, 0.29) is 18.3 Å². The van der Waals surface area contributed by atoms with Gasteiger partial charge >= 0.3 is 0 Å². The van der Waals surface area contributed by atoms with Crippen molar-refractivity contribution in [2.24, 2.45) is 5.73 Å². The summed E-state index contributed by atoms with van der Waals surface area (Å²) in [5, 5.41) is 3.41. The quantitative estimate of drug-likeness (QED) is 0.841. The second-order valence-electron chi connectivity index (χ2n) is 5.18. The van der Waals surface area contributed by atoms with Crippen LogP contribution in [0.3, 0.4) is 0 Å². The summed E-state index contributed by atoms with van der Waals surface area (Å²) in [5.41, 5.74) is 7.09. The Hall–Kier alpha value is -1.10. The van der Waals surface area contributed by atoms with Crippen molar-refractivity contribution in [3.8, 4) is 0 Å². The van der Waals surface area contributed by atoms with Crippen molar-refractivity contribution in [1.29, 1.82) is 0 Å². The van der Waals surface area contributed by atoms with Gasteiger partial charge in [0.2, 0.25) is 5.91 Å². The molecule has 0 aromatic heterocycles. The summed E-state index contributed by atoms with van der Waals surface area (Å²) in [6.45, 7) is 6.35. The lowest BCUT2D eigenvalue weighted by Gasteiger charge is -2.28. The molecule has 1 fully saturated rings. The maximum atomic E-state index is 11.2. The van der Waals surface area contributed by atoms with E-state index in [0.29, 0.717) is 11.6 Å². The predicted octanol–water partition coefficient (Wildman–Crippen LogP) is 1.78. The number of halogens is 1. The third-order valence-corrected chi connectivity index (χ3v) is 3.66. The molecule has 0 bridgehead atoms. The fourth-order valence-electron chi connectivity index (χ4n) is 2.69. The maximum absolute atomic E-state index is 11.2. The van der Waals surface area contributed by atoms with Crippen molar-refractivity contribution in [2.45, 2.75) is 32.4 Å². The van der Waals surface area contributed by atoms with Gasteiger partial charge in [-0.1, -0.05) is 19.1 Å². The molecule has 1 amide bonds. The van der Waals surface area contributed by atoms with E-state index in [0.717, 1.165) is 38.2 Å². The highest BCUT2D eigenvalue weighted by atomic mass is 35.5. The lowest BCUT2D eigenvalue weighted by molar-refractivity contribution is 0.1000. The molecule has 5 heteroatoms. The van der Waals surface area contributed by atoms with Crippen molar-refractivity contribution in [3.63, 3.8) is 0 Å². The number of rotatable bonds is 6. The molecule has 1 atom stereocenters. The van der Waals surface area contributed by atoms with E-state index in [9.17, 15) is 4.79 Å². The smallest absolute Gasteiger partial charge is 0.248 e. The van der Waals surface area contributed by atoms with Crippen LogP contribution >= 0.6 is 12.4 Å². The monoisotopic (exact) mass is 297 g/mol. The van der Waals surface area contributed by atoms with Gasteiger partial charge in [0.15, 0.2) is 0 Å². The van der Waals surface area contributed by atoms with E-state index in [1.54, 1.807) is 6.07 Å². The minimum atomic E-state index is -0.355. The van der Waals surface area contributed by atoms with Crippen molar-refractivity contribution in [3.05, 3.63) is 35.4 Å². The van der Waals surface area contributed by atoms with Crippen LogP contribution in [0.25, 0.3) is 0 Å². The van der Waals surface area contributed by atoms with Crippen LogP contribution in [0.4, 0.5) is 0 Å². The molecule has 1 saturated heterocycles. The summed E-state index contributed by atoms with van der Waals surface area (Å²) in [5.74, 6) is -0.355. The molecule has 1 unspecified atom stereocenters. The Morgan fingerprint density at radius 1 is 1.50 bits per heavy atom. The van der Waals surface area contributed by atoms with Gasteiger partial charge in [-0.3, -0.25) is 9.69 Å². The van der Waals surface area contributed by atoms with Gasteiger partial charge in [-0.25, -0.2) is 0 Å². The van der Waals surface area contributed by atoms with Gasteiger partial charge in [0, 0.05) is 24.7 Å². The van der Waals surface area contributed by atoms with Gasteiger partial charge in [0.1, 0.15) is 0 Å². The highest BCUT2D eigenvalue weighted by Crippen LogP contribution is 2.15. The van der Waals surface area contributed by atoms with Gasteiger partial charge in [0.25, 0.3) is 0 Å². The van der Waals surface area contributed by atoms with E-state index in [1.165, 1.54) is 6.42 Å². The Kier molecular flexibility index (Phi) is 6.99. The van der Waals surface area contributed by atoms with E-state index in [1.807, 2.05) is 12.1 Å². The molecule has 3 N–H and O–H groups in total. The fraction of sp³-hybridized carbons (Fsp3) is 0.533.